The number of rotatable bonds is 2. The normalized spacial score (nSPS) is 10.9. The van der Waals surface area contributed by atoms with Crippen LogP contribution in [0.1, 0.15) is 19.0 Å². The van der Waals surface area contributed by atoms with Gasteiger partial charge in [-0.05, 0) is 30.1 Å². The van der Waals surface area contributed by atoms with Crippen LogP contribution < -0.4 is 0 Å². The van der Waals surface area contributed by atoms with Crippen molar-refractivity contribution < 1.29 is 0 Å². The van der Waals surface area contributed by atoms with E-state index in [0.717, 1.165) is 17.9 Å². The Kier molecular flexibility index (Phi) is 2.51. The van der Waals surface area contributed by atoms with Gasteiger partial charge in [0.25, 0.3) is 0 Å². The van der Waals surface area contributed by atoms with E-state index < -0.39 is 0 Å². The van der Waals surface area contributed by atoms with E-state index in [1.807, 2.05) is 12.1 Å². The molecule has 2 rings (SSSR count). The van der Waals surface area contributed by atoms with Crippen LogP contribution in [0.15, 0.2) is 18.2 Å². The summed E-state index contributed by atoms with van der Waals surface area (Å²) < 4.78 is 5.60. The maximum absolute atomic E-state index is 5.88. The summed E-state index contributed by atoms with van der Waals surface area (Å²) in [5, 5.41) is 2.05. The molecule has 0 saturated carbocycles. The number of nitrogens with zero attached hydrogens (tertiary/aromatic N) is 1. The molecule has 0 aliphatic rings. The Hall–Kier alpha value is -0.600. The monoisotopic (exact) mass is 211 g/mol. The third kappa shape index (κ3) is 1.69. The highest BCUT2D eigenvalue weighted by Crippen LogP contribution is 2.26. The summed E-state index contributed by atoms with van der Waals surface area (Å²) in [6, 6.07) is 5.97. The molecule has 1 heterocycles. The fourth-order valence-electron chi connectivity index (χ4n) is 1.38. The lowest BCUT2D eigenvalue weighted by atomic mass is 10.1. The van der Waals surface area contributed by atoms with E-state index in [1.165, 1.54) is 27.3 Å². The first-order chi connectivity index (χ1) is 6.31. The molecule has 3 heteroatoms. The molecule has 0 saturated heterocycles. The van der Waals surface area contributed by atoms with Gasteiger partial charge in [-0.3, -0.25) is 0 Å². The van der Waals surface area contributed by atoms with E-state index in [-0.39, 0.29) is 0 Å². The van der Waals surface area contributed by atoms with Gasteiger partial charge in [-0.25, -0.2) is 0 Å². The number of benzene rings is 1. The fourth-order valence-corrected chi connectivity index (χ4v) is 2.48. The van der Waals surface area contributed by atoms with E-state index in [2.05, 4.69) is 17.4 Å². The molecule has 0 unspecified atom stereocenters. The van der Waals surface area contributed by atoms with Gasteiger partial charge in [0, 0.05) is 10.4 Å². The molecule has 68 valence electrons. The highest BCUT2D eigenvalue weighted by molar-refractivity contribution is 7.13. The van der Waals surface area contributed by atoms with E-state index in [1.54, 1.807) is 0 Å². The van der Waals surface area contributed by atoms with Crippen LogP contribution in [0.2, 0.25) is 5.02 Å². The summed E-state index contributed by atoms with van der Waals surface area (Å²) in [5.74, 6) is 0. The van der Waals surface area contributed by atoms with Crippen molar-refractivity contribution in [1.29, 1.82) is 0 Å². The van der Waals surface area contributed by atoms with Crippen molar-refractivity contribution in [2.75, 3.05) is 0 Å². The molecule has 0 aliphatic carbocycles. The third-order valence-electron chi connectivity index (χ3n) is 2.00. The minimum Gasteiger partial charge on any atom is -0.196 e. The number of aryl methyl sites for hydroxylation is 1. The molecule has 0 atom stereocenters. The van der Waals surface area contributed by atoms with Crippen molar-refractivity contribution in [2.24, 2.45) is 0 Å². The molecule has 0 fully saturated rings. The van der Waals surface area contributed by atoms with Crippen LogP contribution in [0, 0.1) is 0 Å². The molecule has 0 bridgehead atoms. The molecule has 0 amide bonds. The Bertz CT molecular complexity index is 422. The molecular formula is C10H10ClNS. The Labute approximate surface area is 86.5 Å². The van der Waals surface area contributed by atoms with Crippen LogP contribution in [0.3, 0.4) is 0 Å². The SMILES string of the molecule is CCCc1nsc2cc(Cl)ccc12. The lowest BCUT2D eigenvalue weighted by molar-refractivity contribution is 0.908. The Morgan fingerprint density at radius 3 is 3.08 bits per heavy atom. The molecule has 1 nitrogen and oxygen atoms in total. The van der Waals surface area contributed by atoms with Crippen molar-refractivity contribution in [3.63, 3.8) is 0 Å². The number of hydrogen-bond donors (Lipinski definition) is 0. The topological polar surface area (TPSA) is 12.9 Å². The van der Waals surface area contributed by atoms with Gasteiger partial charge in [-0.1, -0.05) is 31.0 Å². The second-order valence-electron chi connectivity index (χ2n) is 3.02. The summed E-state index contributed by atoms with van der Waals surface area (Å²) in [7, 11) is 0. The standard InChI is InChI=1S/C10H10ClNS/c1-2-3-9-8-5-4-7(11)6-10(8)13-12-9/h4-6H,2-3H2,1H3. The zero-order valence-electron chi connectivity index (χ0n) is 7.38. The van der Waals surface area contributed by atoms with Gasteiger partial charge in [0.15, 0.2) is 0 Å². The quantitative estimate of drug-likeness (QED) is 0.734. The summed E-state index contributed by atoms with van der Waals surface area (Å²) >= 11 is 7.42. The Morgan fingerprint density at radius 2 is 2.31 bits per heavy atom. The van der Waals surface area contributed by atoms with Crippen molar-refractivity contribution in [3.8, 4) is 0 Å². The average molecular weight is 212 g/mol. The predicted molar refractivity (Wildman–Crippen MR) is 58.6 cm³/mol. The van der Waals surface area contributed by atoms with Crippen molar-refractivity contribution in [2.45, 2.75) is 19.8 Å². The molecular weight excluding hydrogens is 202 g/mol. The van der Waals surface area contributed by atoms with E-state index in [0.29, 0.717) is 0 Å². The lowest BCUT2D eigenvalue weighted by Crippen LogP contribution is -1.81. The fraction of sp³-hybridized carbons (Fsp3) is 0.300. The number of halogens is 1. The highest BCUT2D eigenvalue weighted by Gasteiger charge is 2.04. The largest absolute Gasteiger partial charge is 0.196 e. The zero-order valence-corrected chi connectivity index (χ0v) is 8.95. The van der Waals surface area contributed by atoms with E-state index in [4.69, 9.17) is 11.6 Å². The summed E-state index contributed by atoms with van der Waals surface area (Å²) in [5.41, 5.74) is 1.21. The van der Waals surface area contributed by atoms with Gasteiger partial charge in [-0.2, -0.15) is 4.37 Å². The van der Waals surface area contributed by atoms with Crippen molar-refractivity contribution >= 4 is 33.2 Å². The number of aromatic nitrogens is 1. The maximum atomic E-state index is 5.88. The number of hydrogen-bond acceptors (Lipinski definition) is 2. The molecule has 0 N–H and O–H groups in total. The second-order valence-corrected chi connectivity index (χ2v) is 4.26. The molecule has 1 aromatic heterocycles. The van der Waals surface area contributed by atoms with Crippen molar-refractivity contribution in [3.05, 3.63) is 28.9 Å². The van der Waals surface area contributed by atoms with Gasteiger partial charge >= 0.3 is 0 Å². The van der Waals surface area contributed by atoms with Crippen LogP contribution in [0.5, 0.6) is 0 Å². The summed E-state index contributed by atoms with van der Waals surface area (Å²) in [6.07, 6.45) is 2.20. The number of fused-ring (bicyclic) bond motifs is 1. The Balaban J connectivity index is 2.55. The minimum absolute atomic E-state index is 0.791. The van der Waals surface area contributed by atoms with Crippen LogP contribution in [0.4, 0.5) is 0 Å². The molecule has 0 aliphatic heterocycles. The molecule has 2 aromatic rings. The van der Waals surface area contributed by atoms with Crippen LogP contribution in [0.25, 0.3) is 10.1 Å². The van der Waals surface area contributed by atoms with Crippen molar-refractivity contribution in [1.82, 2.24) is 4.37 Å². The summed E-state index contributed by atoms with van der Waals surface area (Å²) in [6.45, 7) is 2.17. The first-order valence-electron chi connectivity index (χ1n) is 4.35. The predicted octanol–water partition coefficient (Wildman–Crippen LogP) is 3.90. The first kappa shape index (κ1) is 8.97. The first-order valence-corrected chi connectivity index (χ1v) is 5.50. The Morgan fingerprint density at radius 1 is 1.46 bits per heavy atom. The minimum atomic E-state index is 0.791. The lowest BCUT2D eigenvalue weighted by Gasteiger charge is -1.93. The molecule has 0 radical (unpaired) electrons. The smallest absolute Gasteiger partial charge is 0.0620 e. The third-order valence-corrected chi connectivity index (χ3v) is 3.08. The maximum Gasteiger partial charge on any atom is 0.0620 e. The van der Waals surface area contributed by atoms with Gasteiger partial charge in [0.05, 0.1) is 10.4 Å². The van der Waals surface area contributed by atoms with Gasteiger partial charge in [0.2, 0.25) is 0 Å². The molecule has 1 aromatic carbocycles. The molecule has 13 heavy (non-hydrogen) atoms. The van der Waals surface area contributed by atoms with E-state index in [9.17, 15) is 0 Å². The summed E-state index contributed by atoms with van der Waals surface area (Å²) in [4.78, 5) is 0. The highest BCUT2D eigenvalue weighted by atomic mass is 35.5. The zero-order chi connectivity index (χ0) is 9.26. The van der Waals surface area contributed by atoms with Crippen LogP contribution >= 0.6 is 23.1 Å². The van der Waals surface area contributed by atoms with Gasteiger partial charge < -0.3 is 0 Å². The van der Waals surface area contributed by atoms with Gasteiger partial charge in [0.1, 0.15) is 0 Å². The second kappa shape index (κ2) is 3.64. The van der Waals surface area contributed by atoms with Gasteiger partial charge in [-0.15, -0.1) is 0 Å². The van der Waals surface area contributed by atoms with E-state index >= 15 is 0 Å². The average Bonchev–Trinajstić information content (AvgIpc) is 2.49. The van der Waals surface area contributed by atoms with Crippen LogP contribution in [-0.4, -0.2) is 4.37 Å². The van der Waals surface area contributed by atoms with Crippen LogP contribution in [-0.2, 0) is 6.42 Å². The molecule has 0 spiro atoms.